The third kappa shape index (κ3) is 7.67. The standard InChI is InChI=1S/C25H28BrNO3/c26-23-14-8-7-13-22(23)15-27-24(18-29-16-20-9-3-1-4-10-20)25(28)19-30-17-21-11-5-2-6-12-21/h1-14,24-25,27-28H,15-19H2/t24-,25+/m1/s1. The normalized spacial score (nSPS) is 13.1. The van der Waals surface area contributed by atoms with Crippen LogP contribution in [0.4, 0.5) is 0 Å². The fourth-order valence-electron chi connectivity index (χ4n) is 3.05. The van der Waals surface area contributed by atoms with E-state index in [1.807, 2.05) is 78.9 Å². The van der Waals surface area contributed by atoms with Gasteiger partial charge in [-0.3, -0.25) is 0 Å². The van der Waals surface area contributed by atoms with Gasteiger partial charge in [0.2, 0.25) is 0 Å². The largest absolute Gasteiger partial charge is 0.389 e. The molecule has 0 aliphatic heterocycles. The van der Waals surface area contributed by atoms with Gasteiger partial charge in [0.25, 0.3) is 0 Å². The summed E-state index contributed by atoms with van der Waals surface area (Å²) < 4.78 is 12.7. The van der Waals surface area contributed by atoms with Crippen LogP contribution in [0.25, 0.3) is 0 Å². The van der Waals surface area contributed by atoms with Gasteiger partial charge in [0.1, 0.15) is 0 Å². The van der Waals surface area contributed by atoms with E-state index in [1.54, 1.807) is 0 Å². The molecule has 0 fully saturated rings. The van der Waals surface area contributed by atoms with Gasteiger partial charge >= 0.3 is 0 Å². The number of rotatable bonds is 12. The molecule has 0 aliphatic carbocycles. The molecule has 158 valence electrons. The maximum atomic E-state index is 10.8. The summed E-state index contributed by atoms with van der Waals surface area (Å²) in [5.74, 6) is 0. The lowest BCUT2D eigenvalue weighted by atomic mass is 10.1. The summed E-state index contributed by atoms with van der Waals surface area (Å²) in [6.45, 7) is 2.22. The molecule has 3 aromatic rings. The summed E-state index contributed by atoms with van der Waals surface area (Å²) in [4.78, 5) is 0. The quantitative estimate of drug-likeness (QED) is 0.403. The molecule has 0 bridgehead atoms. The summed E-state index contributed by atoms with van der Waals surface area (Å²) in [5.41, 5.74) is 3.32. The molecule has 3 aromatic carbocycles. The van der Waals surface area contributed by atoms with Gasteiger partial charge in [0.05, 0.1) is 38.6 Å². The van der Waals surface area contributed by atoms with E-state index in [1.165, 1.54) is 0 Å². The Bertz CT molecular complexity index is 861. The van der Waals surface area contributed by atoms with E-state index >= 15 is 0 Å². The van der Waals surface area contributed by atoms with Crippen LogP contribution in [0.2, 0.25) is 0 Å². The van der Waals surface area contributed by atoms with Crippen LogP contribution in [0.15, 0.2) is 89.4 Å². The van der Waals surface area contributed by atoms with E-state index in [4.69, 9.17) is 9.47 Å². The van der Waals surface area contributed by atoms with Crippen molar-refractivity contribution in [3.63, 3.8) is 0 Å². The van der Waals surface area contributed by atoms with Crippen molar-refractivity contribution in [3.8, 4) is 0 Å². The van der Waals surface area contributed by atoms with Crippen molar-refractivity contribution in [2.45, 2.75) is 31.9 Å². The highest BCUT2D eigenvalue weighted by molar-refractivity contribution is 9.10. The van der Waals surface area contributed by atoms with E-state index in [2.05, 4.69) is 27.3 Å². The number of benzene rings is 3. The predicted molar refractivity (Wildman–Crippen MR) is 123 cm³/mol. The minimum atomic E-state index is -0.688. The molecule has 0 unspecified atom stereocenters. The third-order valence-electron chi connectivity index (χ3n) is 4.79. The number of ether oxygens (including phenoxy) is 2. The number of aliphatic hydroxyl groups excluding tert-OH is 1. The first kappa shape index (κ1) is 22.7. The minimum absolute atomic E-state index is 0.233. The van der Waals surface area contributed by atoms with Crippen LogP contribution in [0.5, 0.6) is 0 Å². The maximum Gasteiger partial charge on any atom is 0.0948 e. The van der Waals surface area contributed by atoms with E-state index in [0.29, 0.717) is 26.4 Å². The first-order valence-electron chi connectivity index (χ1n) is 10.1. The lowest BCUT2D eigenvalue weighted by Crippen LogP contribution is -2.45. The highest BCUT2D eigenvalue weighted by Crippen LogP contribution is 2.16. The van der Waals surface area contributed by atoms with Crippen molar-refractivity contribution in [2.75, 3.05) is 13.2 Å². The Morgan fingerprint density at radius 2 is 1.27 bits per heavy atom. The molecule has 30 heavy (non-hydrogen) atoms. The molecule has 3 rings (SSSR count). The predicted octanol–water partition coefficient (Wildman–Crippen LogP) is 4.70. The van der Waals surface area contributed by atoms with Crippen molar-refractivity contribution in [3.05, 3.63) is 106 Å². The van der Waals surface area contributed by atoms with Crippen LogP contribution in [0.3, 0.4) is 0 Å². The van der Waals surface area contributed by atoms with Gasteiger partial charge in [-0.05, 0) is 22.8 Å². The fourth-order valence-corrected chi connectivity index (χ4v) is 3.48. The number of aliphatic hydroxyl groups is 1. The van der Waals surface area contributed by atoms with Crippen molar-refractivity contribution >= 4 is 15.9 Å². The smallest absolute Gasteiger partial charge is 0.0948 e. The van der Waals surface area contributed by atoms with Crippen molar-refractivity contribution < 1.29 is 14.6 Å². The maximum absolute atomic E-state index is 10.8. The lowest BCUT2D eigenvalue weighted by Gasteiger charge is -2.24. The Labute approximate surface area is 187 Å². The minimum Gasteiger partial charge on any atom is -0.389 e. The SMILES string of the molecule is O[C@@H](COCc1ccccc1)[C@@H](COCc1ccccc1)NCc1ccccc1Br. The molecule has 0 heterocycles. The lowest BCUT2D eigenvalue weighted by molar-refractivity contribution is -0.0168. The second kappa shape index (κ2) is 12.6. The second-order valence-electron chi connectivity index (χ2n) is 7.15. The molecule has 0 radical (unpaired) electrons. The molecule has 0 spiro atoms. The average molecular weight is 470 g/mol. The molecule has 0 aliphatic rings. The average Bonchev–Trinajstić information content (AvgIpc) is 2.78. The highest BCUT2D eigenvalue weighted by atomic mass is 79.9. The Morgan fingerprint density at radius 1 is 0.733 bits per heavy atom. The first-order valence-corrected chi connectivity index (χ1v) is 10.9. The Hall–Kier alpha value is -2.02. The Morgan fingerprint density at radius 3 is 1.87 bits per heavy atom. The summed E-state index contributed by atoms with van der Waals surface area (Å²) >= 11 is 3.58. The molecule has 0 aromatic heterocycles. The second-order valence-corrected chi connectivity index (χ2v) is 8.00. The zero-order valence-electron chi connectivity index (χ0n) is 16.9. The molecule has 0 amide bonds. The third-order valence-corrected chi connectivity index (χ3v) is 5.56. The van der Waals surface area contributed by atoms with Crippen LogP contribution >= 0.6 is 15.9 Å². The van der Waals surface area contributed by atoms with E-state index in [9.17, 15) is 5.11 Å². The van der Waals surface area contributed by atoms with Crippen LogP contribution in [-0.2, 0) is 29.2 Å². The fraction of sp³-hybridized carbons (Fsp3) is 0.280. The summed E-state index contributed by atoms with van der Waals surface area (Å²) in [6.07, 6.45) is -0.688. The number of hydrogen-bond acceptors (Lipinski definition) is 4. The van der Waals surface area contributed by atoms with Gasteiger partial charge in [-0.2, -0.15) is 0 Å². The van der Waals surface area contributed by atoms with E-state index in [-0.39, 0.29) is 12.6 Å². The van der Waals surface area contributed by atoms with E-state index in [0.717, 1.165) is 21.2 Å². The summed E-state index contributed by atoms with van der Waals surface area (Å²) in [6, 6.07) is 27.8. The van der Waals surface area contributed by atoms with Gasteiger partial charge in [0.15, 0.2) is 0 Å². The molecule has 0 saturated heterocycles. The van der Waals surface area contributed by atoms with Crippen LogP contribution in [0, 0.1) is 0 Å². The molecule has 2 atom stereocenters. The van der Waals surface area contributed by atoms with Gasteiger partial charge in [-0.15, -0.1) is 0 Å². The number of hydrogen-bond donors (Lipinski definition) is 2. The molecule has 2 N–H and O–H groups in total. The monoisotopic (exact) mass is 469 g/mol. The Balaban J connectivity index is 1.53. The van der Waals surface area contributed by atoms with Crippen molar-refractivity contribution in [1.29, 1.82) is 0 Å². The van der Waals surface area contributed by atoms with Gasteiger partial charge in [-0.1, -0.05) is 94.8 Å². The molecule has 4 nitrogen and oxygen atoms in total. The number of nitrogens with one attached hydrogen (secondary N) is 1. The van der Waals surface area contributed by atoms with Crippen LogP contribution < -0.4 is 5.32 Å². The van der Waals surface area contributed by atoms with Crippen LogP contribution in [-0.4, -0.2) is 30.5 Å². The zero-order chi connectivity index (χ0) is 21.0. The van der Waals surface area contributed by atoms with E-state index < -0.39 is 6.10 Å². The van der Waals surface area contributed by atoms with Gasteiger partial charge in [0, 0.05) is 11.0 Å². The van der Waals surface area contributed by atoms with Crippen molar-refractivity contribution in [1.82, 2.24) is 5.32 Å². The first-order chi connectivity index (χ1) is 14.7. The summed E-state index contributed by atoms with van der Waals surface area (Å²) in [5, 5.41) is 14.2. The molecule has 0 saturated carbocycles. The Kier molecular flexibility index (Phi) is 9.54. The number of halogens is 1. The molecular formula is C25H28BrNO3. The zero-order valence-corrected chi connectivity index (χ0v) is 18.5. The summed E-state index contributed by atoms with van der Waals surface area (Å²) in [7, 11) is 0. The molecular weight excluding hydrogens is 442 g/mol. The molecule has 5 heteroatoms. The van der Waals surface area contributed by atoms with Gasteiger partial charge < -0.3 is 19.9 Å². The van der Waals surface area contributed by atoms with Crippen molar-refractivity contribution in [2.24, 2.45) is 0 Å². The topological polar surface area (TPSA) is 50.7 Å². The van der Waals surface area contributed by atoms with Crippen LogP contribution in [0.1, 0.15) is 16.7 Å². The van der Waals surface area contributed by atoms with Gasteiger partial charge in [-0.25, -0.2) is 0 Å². The highest BCUT2D eigenvalue weighted by Gasteiger charge is 2.20.